The van der Waals surface area contributed by atoms with Gasteiger partial charge < -0.3 is 30.3 Å². The third-order valence-corrected chi connectivity index (χ3v) is 5.81. The predicted molar refractivity (Wildman–Crippen MR) is 130 cm³/mol. The van der Waals surface area contributed by atoms with Gasteiger partial charge in [0.25, 0.3) is 5.91 Å². The monoisotopic (exact) mass is 493 g/mol. The third kappa shape index (κ3) is 6.06. The van der Waals surface area contributed by atoms with Crippen LogP contribution in [0.5, 0.6) is 5.75 Å². The number of nitrogens with zero attached hydrogens (tertiary/aromatic N) is 3. The molecule has 0 radical (unpaired) electrons. The van der Waals surface area contributed by atoms with Crippen LogP contribution in [0.15, 0.2) is 61.1 Å². The molecule has 1 aromatic carbocycles. The zero-order valence-electron chi connectivity index (χ0n) is 19.6. The van der Waals surface area contributed by atoms with E-state index < -0.39 is 24.1 Å². The molecule has 0 saturated heterocycles. The molecule has 2 amide bonds. The number of ether oxygens (including phenoxy) is 2. The second kappa shape index (κ2) is 11.5. The molecule has 2 atom stereocenters. The first-order valence-electron chi connectivity index (χ1n) is 11.3. The van der Waals surface area contributed by atoms with Crippen LogP contribution in [0.2, 0.25) is 0 Å². The molecule has 3 heterocycles. The molecule has 4 rings (SSSR count). The molecule has 1 aliphatic rings. The summed E-state index contributed by atoms with van der Waals surface area (Å²) in [4.78, 5) is 34.1. The molecule has 1 unspecified atom stereocenters. The van der Waals surface area contributed by atoms with E-state index in [9.17, 15) is 19.8 Å². The number of hydrogen-bond donors (Lipinski definition) is 4. The van der Waals surface area contributed by atoms with Crippen molar-refractivity contribution >= 4 is 23.5 Å². The highest BCUT2D eigenvalue weighted by molar-refractivity contribution is 5.94. The Hall–Kier alpha value is -4.22. The molecule has 0 bridgehead atoms. The van der Waals surface area contributed by atoms with E-state index in [2.05, 4.69) is 20.6 Å². The molecule has 4 N–H and O–H groups in total. The SMILES string of the molecule is COCOc1ccc2c(c1)CN(C(=O)O)[C@H](C(O)CNC(=O)c1ccnc(Nc3cccnc3)c1)C2. The summed E-state index contributed by atoms with van der Waals surface area (Å²) in [5.74, 6) is 0.622. The van der Waals surface area contributed by atoms with E-state index in [1.807, 2.05) is 12.1 Å². The van der Waals surface area contributed by atoms with Crippen LogP contribution in [-0.2, 0) is 17.7 Å². The van der Waals surface area contributed by atoms with Crippen LogP contribution < -0.4 is 15.4 Å². The van der Waals surface area contributed by atoms with E-state index >= 15 is 0 Å². The van der Waals surface area contributed by atoms with Gasteiger partial charge in [0.1, 0.15) is 11.6 Å². The van der Waals surface area contributed by atoms with Crippen LogP contribution in [0.3, 0.4) is 0 Å². The first kappa shape index (κ1) is 24.9. The minimum absolute atomic E-state index is 0.0843. The molecule has 3 aromatic rings. The second-order valence-corrected chi connectivity index (χ2v) is 8.24. The van der Waals surface area contributed by atoms with E-state index in [0.717, 1.165) is 16.8 Å². The topological polar surface area (TPSA) is 146 Å². The lowest BCUT2D eigenvalue weighted by atomic mass is 9.91. The van der Waals surface area contributed by atoms with Crippen LogP contribution in [0.1, 0.15) is 21.5 Å². The number of carbonyl (C=O) groups excluding carboxylic acids is 1. The van der Waals surface area contributed by atoms with Crippen LogP contribution in [0.25, 0.3) is 0 Å². The van der Waals surface area contributed by atoms with E-state index in [-0.39, 0.29) is 19.9 Å². The minimum Gasteiger partial charge on any atom is -0.468 e. The molecule has 36 heavy (non-hydrogen) atoms. The number of amides is 2. The number of methoxy groups -OCH3 is 1. The molecule has 2 aromatic heterocycles. The molecule has 188 valence electrons. The number of rotatable bonds is 9. The van der Waals surface area contributed by atoms with Crippen molar-refractivity contribution in [1.29, 1.82) is 0 Å². The highest BCUT2D eigenvalue weighted by atomic mass is 16.7. The van der Waals surface area contributed by atoms with Gasteiger partial charge in [-0.2, -0.15) is 0 Å². The van der Waals surface area contributed by atoms with Crippen molar-refractivity contribution in [2.45, 2.75) is 25.1 Å². The molecule has 11 nitrogen and oxygen atoms in total. The fraction of sp³-hybridized carbons (Fsp3) is 0.280. The van der Waals surface area contributed by atoms with Gasteiger partial charge in [-0.1, -0.05) is 6.07 Å². The summed E-state index contributed by atoms with van der Waals surface area (Å²) in [6, 6.07) is 11.4. The predicted octanol–water partition coefficient (Wildman–Crippen LogP) is 2.40. The summed E-state index contributed by atoms with van der Waals surface area (Å²) in [5.41, 5.74) is 2.77. The van der Waals surface area contributed by atoms with Gasteiger partial charge in [0.05, 0.1) is 24.0 Å². The zero-order valence-corrected chi connectivity index (χ0v) is 19.6. The minimum atomic E-state index is -1.15. The van der Waals surface area contributed by atoms with Crippen LogP contribution in [0, 0.1) is 0 Å². The first-order valence-corrected chi connectivity index (χ1v) is 11.3. The van der Waals surface area contributed by atoms with Crippen LogP contribution in [0.4, 0.5) is 16.3 Å². The number of fused-ring (bicyclic) bond motifs is 1. The Labute approximate surface area is 207 Å². The third-order valence-electron chi connectivity index (χ3n) is 5.81. The summed E-state index contributed by atoms with van der Waals surface area (Å²) in [6.07, 6.45) is 2.82. The van der Waals surface area contributed by atoms with Gasteiger partial charge in [-0.15, -0.1) is 0 Å². The van der Waals surface area contributed by atoms with E-state index in [1.165, 1.54) is 18.2 Å². The average molecular weight is 494 g/mol. The standard InChI is InChI=1S/C25H27N5O6/c1-35-15-36-20-5-4-16-10-21(30(25(33)34)14-18(16)9-20)22(31)13-28-24(32)17-6-8-27-23(11-17)29-19-3-2-7-26-12-19/h2-9,11-12,21-22,31H,10,13-15H2,1H3,(H,27,29)(H,28,32)(H,33,34)/t21-,22?/m0/s1. The number of aliphatic hydroxyl groups is 1. The molecule has 0 fully saturated rings. The summed E-state index contributed by atoms with van der Waals surface area (Å²) < 4.78 is 10.3. The van der Waals surface area contributed by atoms with Crippen molar-refractivity contribution in [2.24, 2.45) is 0 Å². The van der Waals surface area contributed by atoms with Crippen molar-refractivity contribution in [3.8, 4) is 5.75 Å². The first-order chi connectivity index (χ1) is 17.4. The Balaban J connectivity index is 1.40. The fourth-order valence-corrected chi connectivity index (χ4v) is 4.01. The van der Waals surface area contributed by atoms with Gasteiger partial charge in [0.2, 0.25) is 0 Å². The number of carbonyl (C=O) groups is 2. The number of nitrogens with one attached hydrogen (secondary N) is 2. The van der Waals surface area contributed by atoms with E-state index in [4.69, 9.17) is 9.47 Å². The Morgan fingerprint density at radius 1 is 1.19 bits per heavy atom. The maximum Gasteiger partial charge on any atom is 0.407 e. The summed E-state index contributed by atoms with van der Waals surface area (Å²) in [7, 11) is 1.52. The lowest BCUT2D eigenvalue weighted by molar-refractivity contribution is 0.0375. The Kier molecular flexibility index (Phi) is 7.93. The zero-order chi connectivity index (χ0) is 25.5. The number of aromatic nitrogens is 2. The Morgan fingerprint density at radius 2 is 2.06 bits per heavy atom. The normalized spacial score (nSPS) is 15.5. The molecule has 11 heteroatoms. The number of hydrogen-bond acceptors (Lipinski definition) is 8. The van der Waals surface area contributed by atoms with Gasteiger partial charge in [0, 0.05) is 38.2 Å². The van der Waals surface area contributed by atoms with Gasteiger partial charge in [-0.25, -0.2) is 9.78 Å². The van der Waals surface area contributed by atoms with Crippen LogP contribution in [-0.4, -0.2) is 69.7 Å². The number of benzene rings is 1. The smallest absolute Gasteiger partial charge is 0.407 e. The van der Waals surface area contributed by atoms with Gasteiger partial charge in [0.15, 0.2) is 6.79 Å². The van der Waals surface area contributed by atoms with Crippen molar-refractivity contribution in [2.75, 3.05) is 25.8 Å². The largest absolute Gasteiger partial charge is 0.468 e. The van der Waals surface area contributed by atoms with Crippen molar-refractivity contribution < 1.29 is 29.3 Å². The molecule has 1 aliphatic heterocycles. The van der Waals surface area contributed by atoms with Crippen LogP contribution >= 0.6 is 0 Å². The summed E-state index contributed by atoms with van der Waals surface area (Å²) in [5, 5.41) is 26.4. The van der Waals surface area contributed by atoms with Crippen molar-refractivity contribution in [3.63, 3.8) is 0 Å². The summed E-state index contributed by atoms with van der Waals surface area (Å²) in [6.45, 7) is 0.0601. The van der Waals surface area contributed by atoms with E-state index in [1.54, 1.807) is 42.7 Å². The number of anilines is 2. The van der Waals surface area contributed by atoms with Gasteiger partial charge in [-0.3, -0.25) is 14.7 Å². The van der Waals surface area contributed by atoms with Gasteiger partial charge in [-0.05, 0) is 53.9 Å². The molecular formula is C25H27N5O6. The quantitative estimate of drug-likeness (QED) is 0.330. The highest BCUT2D eigenvalue weighted by Crippen LogP contribution is 2.28. The second-order valence-electron chi connectivity index (χ2n) is 8.24. The summed E-state index contributed by atoms with van der Waals surface area (Å²) >= 11 is 0. The lowest BCUT2D eigenvalue weighted by Crippen LogP contribution is -2.53. The van der Waals surface area contributed by atoms with Crippen molar-refractivity contribution in [3.05, 3.63) is 77.7 Å². The Morgan fingerprint density at radius 3 is 2.81 bits per heavy atom. The van der Waals surface area contributed by atoms with Crippen molar-refractivity contribution in [1.82, 2.24) is 20.2 Å². The van der Waals surface area contributed by atoms with Gasteiger partial charge >= 0.3 is 6.09 Å². The number of pyridine rings is 2. The molecule has 0 spiro atoms. The number of carboxylic acid groups (broad SMARTS) is 1. The molecular weight excluding hydrogens is 466 g/mol. The van der Waals surface area contributed by atoms with E-state index in [0.29, 0.717) is 23.6 Å². The average Bonchev–Trinajstić information content (AvgIpc) is 2.90. The fourth-order valence-electron chi connectivity index (χ4n) is 4.01. The lowest BCUT2D eigenvalue weighted by Gasteiger charge is -2.37. The molecule has 0 saturated carbocycles. The maximum atomic E-state index is 12.7. The maximum absolute atomic E-state index is 12.7. The Bertz CT molecular complexity index is 1210. The highest BCUT2D eigenvalue weighted by Gasteiger charge is 2.35. The number of aliphatic hydroxyl groups excluding tert-OH is 1. The molecule has 0 aliphatic carbocycles.